The van der Waals surface area contributed by atoms with Crippen LogP contribution in [-0.4, -0.2) is 17.8 Å². The predicted octanol–water partition coefficient (Wildman–Crippen LogP) is 5.52. The maximum Gasteiger partial charge on any atom is 0.332 e. The molecule has 3 heteroatoms. The Bertz CT molecular complexity index is 307. The molecule has 0 spiro atoms. The highest BCUT2D eigenvalue weighted by molar-refractivity contribution is 5.89. The molecule has 0 atom stereocenters. The standard InChI is InChI=1S/C17H31FO2/c1-5-9-14(10-6-2)15(16(19)20)17(13-18,11-7-3)12-8-4/h5-13H2,1-4H3,(H,19,20). The molecule has 0 aromatic heterocycles. The summed E-state index contributed by atoms with van der Waals surface area (Å²) in [4.78, 5) is 11.8. The minimum Gasteiger partial charge on any atom is -0.478 e. The topological polar surface area (TPSA) is 37.3 Å². The summed E-state index contributed by atoms with van der Waals surface area (Å²) in [7, 11) is 0. The molecule has 0 aliphatic carbocycles. The van der Waals surface area contributed by atoms with Crippen molar-refractivity contribution in [2.75, 3.05) is 6.67 Å². The molecule has 0 bridgehead atoms. The molecule has 0 aromatic carbocycles. The number of halogens is 1. The monoisotopic (exact) mass is 286 g/mol. The van der Waals surface area contributed by atoms with Crippen LogP contribution in [0.15, 0.2) is 11.1 Å². The largest absolute Gasteiger partial charge is 0.478 e. The van der Waals surface area contributed by atoms with Gasteiger partial charge < -0.3 is 5.11 Å². The number of rotatable bonds is 11. The summed E-state index contributed by atoms with van der Waals surface area (Å²) >= 11 is 0. The van der Waals surface area contributed by atoms with Crippen LogP contribution in [0.2, 0.25) is 0 Å². The number of carboxylic acid groups (broad SMARTS) is 1. The van der Waals surface area contributed by atoms with Gasteiger partial charge in [-0.1, -0.05) is 59.0 Å². The van der Waals surface area contributed by atoms with Gasteiger partial charge in [-0.3, -0.25) is 4.39 Å². The lowest BCUT2D eigenvalue weighted by molar-refractivity contribution is -0.134. The lowest BCUT2D eigenvalue weighted by atomic mass is 9.71. The third-order valence-corrected chi connectivity index (χ3v) is 3.91. The summed E-state index contributed by atoms with van der Waals surface area (Å²) in [6.07, 6.45) is 6.22. The van der Waals surface area contributed by atoms with Gasteiger partial charge in [-0.2, -0.15) is 0 Å². The van der Waals surface area contributed by atoms with Gasteiger partial charge in [0.1, 0.15) is 0 Å². The molecule has 20 heavy (non-hydrogen) atoms. The molecule has 0 saturated carbocycles. The van der Waals surface area contributed by atoms with E-state index in [0.29, 0.717) is 18.4 Å². The van der Waals surface area contributed by atoms with Crippen LogP contribution in [0.1, 0.15) is 79.1 Å². The fourth-order valence-electron chi connectivity index (χ4n) is 3.26. The van der Waals surface area contributed by atoms with Crippen LogP contribution in [0.3, 0.4) is 0 Å². The van der Waals surface area contributed by atoms with Crippen molar-refractivity contribution in [2.45, 2.75) is 79.1 Å². The Labute approximate surface area is 123 Å². The van der Waals surface area contributed by atoms with E-state index in [2.05, 4.69) is 0 Å². The predicted molar refractivity (Wildman–Crippen MR) is 82.7 cm³/mol. The maximum absolute atomic E-state index is 13.8. The van der Waals surface area contributed by atoms with Crippen LogP contribution in [-0.2, 0) is 4.79 Å². The van der Waals surface area contributed by atoms with Crippen molar-refractivity contribution in [3.8, 4) is 0 Å². The zero-order valence-electron chi connectivity index (χ0n) is 13.6. The SMILES string of the molecule is CCCC(CCC)=C(C(=O)O)C(CF)(CCC)CCC. The van der Waals surface area contributed by atoms with Crippen LogP contribution in [0.25, 0.3) is 0 Å². The molecule has 2 nitrogen and oxygen atoms in total. The first-order valence-electron chi connectivity index (χ1n) is 8.04. The molecule has 0 amide bonds. The normalized spacial score (nSPS) is 11.4. The van der Waals surface area contributed by atoms with E-state index in [1.165, 1.54) is 0 Å². The number of alkyl halides is 1. The average Bonchev–Trinajstić information content (AvgIpc) is 2.39. The van der Waals surface area contributed by atoms with E-state index in [1.54, 1.807) is 0 Å². The Kier molecular flexibility index (Phi) is 9.52. The quantitative estimate of drug-likeness (QED) is 0.507. The molecule has 0 aliphatic rings. The van der Waals surface area contributed by atoms with E-state index in [1.807, 2.05) is 27.7 Å². The summed E-state index contributed by atoms with van der Waals surface area (Å²) in [6.45, 7) is 7.53. The average molecular weight is 286 g/mol. The van der Waals surface area contributed by atoms with E-state index >= 15 is 0 Å². The van der Waals surface area contributed by atoms with Crippen molar-refractivity contribution >= 4 is 5.97 Å². The molecule has 0 rings (SSSR count). The summed E-state index contributed by atoms with van der Waals surface area (Å²) in [6, 6.07) is 0. The maximum atomic E-state index is 13.8. The zero-order chi connectivity index (χ0) is 15.6. The van der Waals surface area contributed by atoms with Gasteiger partial charge in [-0.25, -0.2) is 4.79 Å². The highest BCUT2D eigenvalue weighted by Gasteiger charge is 2.38. The highest BCUT2D eigenvalue weighted by atomic mass is 19.1. The lowest BCUT2D eigenvalue weighted by Gasteiger charge is -2.33. The lowest BCUT2D eigenvalue weighted by Crippen LogP contribution is -2.32. The summed E-state index contributed by atoms with van der Waals surface area (Å²) < 4.78 is 13.8. The second kappa shape index (κ2) is 9.95. The summed E-state index contributed by atoms with van der Waals surface area (Å²) in [5.41, 5.74) is 0.559. The van der Waals surface area contributed by atoms with Crippen LogP contribution < -0.4 is 0 Å². The van der Waals surface area contributed by atoms with Crippen molar-refractivity contribution in [1.29, 1.82) is 0 Å². The third-order valence-electron chi connectivity index (χ3n) is 3.91. The molecule has 0 aliphatic heterocycles. The van der Waals surface area contributed by atoms with E-state index in [4.69, 9.17) is 0 Å². The Hall–Kier alpha value is -0.860. The molecule has 1 N–H and O–H groups in total. The number of allylic oxidation sites excluding steroid dienone is 1. The zero-order valence-corrected chi connectivity index (χ0v) is 13.6. The van der Waals surface area contributed by atoms with Crippen molar-refractivity contribution in [3.63, 3.8) is 0 Å². The first-order chi connectivity index (χ1) is 9.52. The van der Waals surface area contributed by atoms with Crippen LogP contribution in [0.4, 0.5) is 4.39 Å². The smallest absolute Gasteiger partial charge is 0.332 e. The Morgan fingerprint density at radius 3 is 1.65 bits per heavy atom. The Morgan fingerprint density at radius 2 is 1.40 bits per heavy atom. The second-order valence-electron chi connectivity index (χ2n) is 5.70. The highest BCUT2D eigenvalue weighted by Crippen LogP contribution is 2.41. The molecule has 0 heterocycles. The number of carboxylic acids is 1. The van der Waals surface area contributed by atoms with Crippen molar-refractivity contribution in [1.82, 2.24) is 0 Å². The van der Waals surface area contributed by atoms with Crippen LogP contribution >= 0.6 is 0 Å². The Morgan fingerprint density at radius 1 is 0.950 bits per heavy atom. The van der Waals surface area contributed by atoms with Gasteiger partial charge in [0.2, 0.25) is 0 Å². The van der Waals surface area contributed by atoms with Gasteiger partial charge in [0.25, 0.3) is 0 Å². The minimum atomic E-state index is -0.915. The van der Waals surface area contributed by atoms with Crippen molar-refractivity contribution in [3.05, 3.63) is 11.1 Å². The first-order valence-corrected chi connectivity index (χ1v) is 8.04. The van der Waals surface area contributed by atoms with Crippen molar-refractivity contribution < 1.29 is 14.3 Å². The van der Waals surface area contributed by atoms with Crippen molar-refractivity contribution in [2.24, 2.45) is 5.41 Å². The molecule has 0 radical (unpaired) electrons. The van der Waals surface area contributed by atoms with Gasteiger partial charge in [0.05, 0.1) is 6.67 Å². The number of aliphatic carboxylic acids is 1. The molecular weight excluding hydrogens is 255 g/mol. The van der Waals surface area contributed by atoms with Crippen LogP contribution in [0, 0.1) is 5.41 Å². The van der Waals surface area contributed by atoms with E-state index in [0.717, 1.165) is 44.1 Å². The van der Waals surface area contributed by atoms with E-state index in [9.17, 15) is 14.3 Å². The van der Waals surface area contributed by atoms with E-state index < -0.39 is 18.1 Å². The summed E-state index contributed by atoms with van der Waals surface area (Å²) in [5, 5.41) is 9.69. The number of hydrogen-bond acceptors (Lipinski definition) is 1. The second-order valence-corrected chi connectivity index (χ2v) is 5.70. The molecule has 0 aromatic rings. The minimum absolute atomic E-state index is 0.382. The summed E-state index contributed by atoms with van der Waals surface area (Å²) in [5.74, 6) is -0.915. The van der Waals surface area contributed by atoms with Gasteiger partial charge in [0.15, 0.2) is 0 Å². The van der Waals surface area contributed by atoms with E-state index in [-0.39, 0.29) is 0 Å². The Balaban J connectivity index is 5.88. The van der Waals surface area contributed by atoms with Gasteiger partial charge in [-0.15, -0.1) is 0 Å². The fraction of sp³-hybridized carbons (Fsp3) is 0.824. The molecule has 0 unspecified atom stereocenters. The van der Waals surface area contributed by atoms with Crippen LogP contribution in [0.5, 0.6) is 0 Å². The molecular formula is C17H31FO2. The van der Waals surface area contributed by atoms with Gasteiger partial charge in [0, 0.05) is 11.0 Å². The fourth-order valence-corrected chi connectivity index (χ4v) is 3.26. The van der Waals surface area contributed by atoms with Gasteiger partial charge in [-0.05, 0) is 25.7 Å². The molecule has 0 saturated heterocycles. The molecule has 118 valence electrons. The number of hydrogen-bond donors (Lipinski definition) is 1. The first kappa shape index (κ1) is 19.1. The van der Waals surface area contributed by atoms with Gasteiger partial charge >= 0.3 is 5.97 Å². The third kappa shape index (κ3) is 4.92. The number of carbonyl (C=O) groups is 1. The molecule has 0 fully saturated rings.